The van der Waals surface area contributed by atoms with Gasteiger partial charge in [0.15, 0.2) is 11.5 Å². The molecule has 2 unspecified atom stereocenters. The minimum atomic E-state index is -0.544. The van der Waals surface area contributed by atoms with Crippen molar-refractivity contribution in [3.05, 3.63) is 18.2 Å². The smallest absolute Gasteiger partial charge is 0.246 e. The summed E-state index contributed by atoms with van der Waals surface area (Å²) in [5.41, 5.74) is 1.15. The first-order valence-corrected chi connectivity index (χ1v) is 7.86. The van der Waals surface area contributed by atoms with Crippen LogP contribution in [0.25, 0.3) is 0 Å². The fraction of sp³-hybridized carbons (Fsp3) is 0.647. The van der Waals surface area contributed by atoms with E-state index in [2.05, 4.69) is 24.4 Å². The molecular weight excluding hydrogens is 250 g/mol. The number of ether oxygens (including phenoxy) is 2. The van der Waals surface area contributed by atoms with Crippen molar-refractivity contribution in [3.8, 4) is 11.5 Å². The van der Waals surface area contributed by atoms with E-state index in [0.717, 1.165) is 23.1 Å². The standard InChI is InChI=1S/C17H25NO2/c1-4-12-7-5-6-8-14(12)18-13-9-10-15-16(11-13)20-17(2,3)19-15/h9-12,14,18H,4-8H2,1-3H3. The number of nitrogens with one attached hydrogen (secondary N) is 1. The summed E-state index contributed by atoms with van der Waals surface area (Å²) in [4.78, 5) is 0. The third-order valence-electron chi connectivity index (χ3n) is 4.44. The number of rotatable bonds is 3. The highest BCUT2D eigenvalue weighted by molar-refractivity contribution is 5.56. The van der Waals surface area contributed by atoms with Crippen molar-refractivity contribution in [1.82, 2.24) is 0 Å². The van der Waals surface area contributed by atoms with Gasteiger partial charge in [0.25, 0.3) is 0 Å². The Labute approximate surface area is 121 Å². The minimum absolute atomic E-state index is 0.544. The zero-order valence-corrected chi connectivity index (χ0v) is 12.7. The zero-order chi connectivity index (χ0) is 14.2. The van der Waals surface area contributed by atoms with E-state index in [9.17, 15) is 0 Å². The van der Waals surface area contributed by atoms with Gasteiger partial charge in [0.1, 0.15) is 0 Å². The lowest BCUT2D eigenvalue weighted by Gasteiger charge is -2.32. The van der Waals surface area contributed by atoms with Crippen molar-refractivity contribution in [3.63, 3.8) is 0 Å². The van der Waals surface area contributed by atoms with Gasteiger partial charge in [0.2, 0.25) is 5.79 Å². The molecule has 1 heterocycles. The number of hydrogen-bond donors (Lipinski definition) is 1. The third kappa shape index (κ3) is 2.72. The Morgan fingerprint density at radius 2 is 1.90 bits per heavy atom. The molecule has 0 saturated heterocycles. The average molecular weight is 275 g/mol. The van der Waals surface area contributed by atoms with Crippen molar-refractivity contribution >= 4 is 5.69 Å². The summed E-state index contributed by atoms with van der Waals surface area (Å²) < 4.78 is 11.5. The van der Waals surface area contributed by atoms with Gasteiger partial charge in [-0.3, -0.25) is 0 Å². The summed E-state index contributed by atoms with van der Waals surface area (Å²) in [7, 11) is 0. The van der Waals surface area contributed by atoms with Crippen LogP contribution in [0.15, 0.2) is 18.2 Å². The molecule has 1 aromatic carbocycles. The van der Waals surface area contributed by atoms with Gasteiger partial charge in [-0.05, 0) is 30.9 Å². The summed E-state index contributed by atoms with van der Waals surface area (Å²) in [5.74, 6) is 1.95. The van der Waals surface area contributed by atoms with Gasteiger partial charge in [-0.2, -0.15) is 0 Å². The molecule has 0 bridgehead atoms. The van der Waals surface area contributed by atoms with Crippen molar-refractivity contribution in [1.29, 1.82) is 0 Å². The molecule has 1 aliphatic heterocycles. The topological polar surface area (TPSA) is 30.5 Å². The van der Waals surface area contributed by atoms with E-state index in [-0.39, 0.29) is 0 Å². The van der Waals surface area contributed by atoms with Crippen LogP contribution in [0.4, 0.5) is 5.69 Å². The molecule has 3 heteroatoms. The van der Waals surface area contributed by atoms with Crippen LogP contribution in [0.5, 0.6) is 11.5 Å². The molecule has 0 radical (unpaired) electrons. The zero-order valence-electron chi connectivity index (χ0n) is 12.7. The van der Waals surface area contributed by atoms with E-state index in [1.807, 2.05) is 19.9 Å². The van der Waals surface area contributed by atoms with Crippen LogP contribution < -0.4 is 14.8 Å². The van der Waals surface area contributed by atoms with Gasteiger partial charge in [-0.25, -0.2) is 0 Å². The lowest BCUT2D eigenvalue weighted by molar-refractivity contribution is -0.0431. The van der Waals surface area contributed by atoms with E-state index in [4.69, 9.17) is 9.47 Å². The van der Waals surface area contributed by atoms with Gasteiger partial charge in [0, 0.05) is 31.6 Å². The predicted octanol–water partition coefficient (Wildman–Crippen LogP) is 4.57. The highest BCUT2D eigenvalue weighted by Crippen LogP contribution is 2.41. The first-order valence-electron chi connectivity index (χ1n) is 7.86. The fourth-order valence-electron chi connectivity index (χ4n) is 3.41. The van der Waals surface area contributed by atoms with Crippen LogP contribution in [-0.4, -0.2) is 11.8 Å². The monoisotopic (exact) mass is 275 g/mol. The summed E-state index contributed by atoms with van der Waals surface area (Å²) in [6.45, 7) is 6.18. The maximum atomic E-state index is 5.82. The van der Waals surface area contributed by atoms with E-state index >= 15 is 0 Å². The van der Waals surface area contributed by atoms with Gasteiger partial charge in [0.05, 0.1) is 0 Å². The highest BCUT2D eigenvalue weighted by atomic mass is 16.7. The van der Waals surface area contributed by atoms with Crippen LogP contribution in [0.3, 0.4) is 0 Å². The van der Waals surface area contributed by atoms with Gasteiger partial charge < -0.3 is 14.8 Å². The van der Waals surface area contributed by atoms with Crippen LogP contribution in [0, 0.1) is 5.92 Å². The Bertz CT molecular complexity index is 484. The van der Waals surface area contributed by atoms with E-state index < -0.39 is 5.79 Å². The molecule has 1 fully saturated rings. The highest BCUT2D eigenvalue weighted by Gasteiger charge is 2.32. The summed E-state index contributed by atoms with van der Waals surface area (Å²) in [5, 5.41) is 3.70. The number of anilines is 1. The fourth-order valence-corrected chi connectivity index (χ4v) is 3.41. The molecule has 0 aromatic heterocycles. The van der Waals surface area contributed by atoms with Gasteiger partial charge in [-0.15, -0.1) is 0 Å². The van der Waals surface area contributed by atoms with Crippen LogP contribution in [-0.2, 0) is 0 Å². The minimum Gasteiger partial charge on any atom is -0.449 e. The Morgan fingerprint density at radius 3 is 2.70 bits per heavy atom. The molecule has 1 saturated carbocycles. The Morgan fingerprint density at radius 1 is 1.15 bits per heavy atom. The molecule has 2 atom stereocenters. The third-order valence-corrected chi connectivity index (χ3v) is 4.44. The number of fused-ring (bicyclic) bond motifs is 1. The van der Waals surface area contributed by atoms with Crippen molar-refractivity contribution < 1.29 is 9.47 Å². The van der Waals surface area contributed by atoms with Gasteiger partial charge >= 0.3 is 0 Å². The van der Waals surface area contributed by atoms with Crippen LogP contribution >= 0.6 is 0 Å². The largest absolute Gasteiger partial charge is 0.449 e. The lowest BCUT2D eigenvalue weighted by atomic mass is 9.83. The van der Waals surface area contributed by atoms with E-state index in [1.165, 1.54) is 32.1 Å². The maximum Gasteiger partial charge on any atom is 0.246 e. The molecule has 0 amide bonds. The Kier molecular flexibility index (Phi) is 3.53. The SMILES string of the molecule is CCC1CCCCC1Nc1ccc2c(c1)OC(C)(C)O2. The van der Waals surface area contributed by atoms with Crippen molar-refractivity contribution in [2.75, 3.05) is 5.32 Å². The van der Waals surface area contributed by atoms with E-state index in [0.29, 0.717) is 6.04 Å². The maximum absolute atomic E-state index is 5.82. The number of hydrogen-bond acceptors (Lipinski definition) is 3. The average Bonchev–Trinajstić information content (AvgIpc) is 2.72. The quantitative estimate of drug-likeness (QED) is 0.876. The van der Waals surface area contributed by atoms with Crippen molar-refractivity contribution in [2.45, 2.75) is 64.7 Å². The first-order chi connectivity index (χ1) is 9.57. The van der Waals surface area contributed by atoms with E-state index in [1.54, 1.807) is 0 Å². The van der Waals surface area contributed by atoms with Crippen LogP contribution in [0.1, 0.15) is 52.9 Å². The molecule has 2 aliphatic rings. The molecule has 1 N–H and O–H groups in total. The van der Waals surface area contributed by atoms with Gasteiger partial charge in [-0.1, -0.05) is 26.2 Å². The first kappa shape index (κ1) is 13.6. The van der Waals surface area contributed by atoms with Crippen LogP contribution in [0.2, 0.25) is 0 Å². The number of benzene rings is 1. The second kappa shape index (κ2) is 5.19. The normalized spacial score (nSPS) is 27.4. The molecule has 0 spiro atoms. The molecule has 1 aliphatic carbocycles. The predicted molar refractivity (Wildman–Crippen MR) is 81.4 cm³/mol. The summed E-state index contributed by atoms with van der Waals surface area (Å²) in [6.07, 6.45) is 6.61. The Balaban J connectivity index is 1.73. The second-order valence-corrected chi connectivity index (χ2v) is 6.47. The summed E-state index contributed by atoms with van der Waals surface area (Å²) >= 11 is 0. The summed E-state index contributed by atoms with van der Waals surface area (Å²) in [6, 6.07) is 6.79. The second-order valence-electron chi connectivity index (χ2n) is 6.47. The lowest BCUT2D eigenvalue weighted by Crippen LogP contribution is -2.31. The molecule has 3 rings (SSSR count). The molecule has 3 nitrogen and oxygen atoms in total. The molecule has 1 aromatic rings. The molecular formula is C17H25NO2. The molecule has 110 valence electrons. The molecule has 20 heavy (non-hydrogen) atoms. The van der Waals surface area contributed by atoms with Crippen molar-refractivity contribution in [2.24, 2.45) is 5.92 Å². The Hall–Kier alpha value is -1.38.